The summed E-state index contributed by atoms with van der Waals surface area (Å²) in [5, 5.41) is 14.0. The molecule has 114 valence electrons. The molecule has 0 aromatic heterocycles. The molecule has 1 aromatic carbocycles. The van der Waals surface area contributed by atoms with Gasteiger partial charge in [0.15, 0.2) is 0 Å². The molecule has 2 amide bonds. The van der Waals surface area contributed by atoms with E-state index in [1.165, 1.54) is 18.7 Å². The van der Waals surface area contributed by atoms with E-state index in [-0.39, 0.29) is 46.9 Å². The van der Waals surface area contributed by atoms with E-state index in [4.69, 9.17) is 0 Å². The van der Waals surface area contributed by atoms with Crippen LogP contribution in [0.2, 0.25) is 0 Å². The van der Waals surface area contributed by atoms with Crippen LogP contribution in [0.5, 0.6) is 0 Å². The Labute approximate surface area is 190 Å². The van der Waals surface area contributed by atoms with Gasteiger partial charge in [-0.1, -0.05) is 0 Å². The van der Waals surface area contributed by atoms with Gasteiger partial charge >= 0.3 is 29.6 Å². The number of benzene rings is 1. The van der Waals surface area contributed by atoms with Crippen molar-refractivity contribution in [3.63, 3.8) is 0 Å². The van der Waals surface area contributed by atoms with Crippen molar-refractivity contribution in [2.45, 2.75) is 13.8 Å². The average Bonchev–Trinajstić information content (AvgIpc) is 2.33. The fraction of sp³-hybridized carbons (Fsp3) is 0.250. The summed E-state index contributed by atoms with van der Waals surface area (Å²) in [5.74, 6) is -1.93. The Hall–Kier alpha value is 0.820. The van der Waals surface area contributed by atoms with E-state index in [9.17, 15) is 19.5 Å². The summed E-state index contributed by atoms with van der Waals surface area (Å²) in [6, 6.07) is 0. The second-order valence-electron chi connectivity index (χ2n) is 4.09. The van der Waals surface area contributed by atoms with Crippen LogP contribution in [0.3, 0.4) is 0 Å². The Bertz CT molecular complexity index is 652. The van der Waals surface area contributed by atoms with Crippen molar-refractivity contribution in [2.24, 2.45) is 0 Å². The van der Waals surface area contributed by atoms with Gasteiger partial charge in [0.1, 0.15) is 0 Å². The van der Waals surface area contributed by atoms with Crippen molar-refractivity contribution in [1.82, 2.24) is 0 Å². The van der Waals surface area contributed by atoms with Gasteiger partial charge in [0, 0.05) is 33.6 Å². The van der Waals surface area contributed by atoms with Crippen LogP contribution in [0.25, 0.3) is 0 Å². The second-order valence-corrected chi connectivity index (χ2v) is 7.32. The molecular formula is C12H10I3N2NaO4. The number of halogens is 3. The molecule has 10 heteroatoms. The molecule has 1 aromatic rings. The molecule has 6 nitrogen and oxygen atoms in total. The number of carbonyl (C=O) groups is 3. The molecular weight excluding hydrogens is 640 g/mol. The van der Waals surface area contributed by atoms with Crippen LogP contribution >= 0.6 is 67.8 Å². The third kappa shape index (κ3) is 4.91. The minimum absolute atomic E-state index is 0. The van der Waals surface area contributed by atoms with E-state index >= 15 is 0 Å². The molecule has 0 aliphatic rings. The number of rotatable bonds is 3. The molecule has 0 unspecified atom stereocenters. The summed E-state index contributed by atoms with van der Waals surface area (Å²) in [6.07, 6.45) is 0. The first-order valence-electron chi connectivity index (χ1n) is 5.53. The fourth-order valence-electron chi connectivity index (χ4n) is 1.57. The molecule has 0 saturated carbocycles. The Balaban J connectivity index is 0.00000441. The maximum atomic E-state index is 11.6. The maximum absolute atomic E-state index is 11.6. The van der Waals surface area contributed by atoms with Gasteiger partial charge in [-0.15, -0.1) is 0 Å². The van der Waals surface area contributed by atoms with Gasteiger partial charge in [0.2, 0.25) is 11.8 Å². The monoisotopic (exact) mass is 650 g/mol. The number of carbonyl (C=O) groups excluding carboxylic acids is 3. The first kappa shape index (κ1) is 22.8. The molecule has 0 radical (unpaired) electrons. The smallest absolute Gasteiger partial charge is 0.545 e. The summed E-state index contributed by atoms with van der Waals surface area (Å²) in [6.45, 7) is 2.71. The molecule has 0 aliphatic carbocycles. The van der Waals surface area contributed by atoms with E-state index in [1.54, 1.807) is 7.05 Å². The largest absolute Gasteiger partial charge is 1.00 e. The van der Waals surface area contributed by atoms with Gasteiger partial charge < -0.3 is 20.1 Å². The summed E-state index contributed by atoms with van der Waals surface area (Å²) < 4.78 is 1.37. The van der Waals surface area contributed by atoms with Gasteiger partial charge in [-0.3, -0.25) is 9.59 Å². The minimum atomic E-state index is -1.36. The van der Waals surface area contributed by atoms with Crippen molar-refractivity contribution in [3.8, 4) is 0 Å². The van der Waals surface area contributed by atoms with Crippen LogP contribution in [-0.2, 0) is 9.59 Å². The molecule has 0 atom stereocenters. The maximum Gasteiger partial charge on any atom is 1.00 e. The Morgan fingerprint density at radius 2 is 1.55 bits per heavy atom. The molecule has 1 N–H and O–H groups in total. The molecule has 0 fully saturated rings. The van der Waals surface area contributed by atoms with Gasteiger partial charge in [0.25, 0.3) is 0 Å². The van der Waals surface area contributed by atoms with Crippen molar-refractivity contribution >= 4 is 96.9 Å². The van der Waals surface area contributed by atoms with E-state index in [0.717, 1.165) is 0 Å². The van der Waals surface area contributed by atoms with Crippen molar-refractivity contribution in [3.05, 3.63) is 16.3 Å². The second kappa shape index (κ2) is 9.34. The number of nitrogens with zero attached hydrogens (tertiary/aromatic N) is 1. The molecule has 0 aliphatic heterocycles. The number of nitrogens with one attached hydrogen (secondary N) is 1. The minimum Gasteiger partial charge on any atom is -0.545 e. The standard InChI is InChI=1S/C12H11I3N2O4.Na/c1-4(18)16-10-7(13)6(12(20)21)8(14)11(9(10)15)17(3)5(2)19;/h1-3H3,(H,16,18)(H,20,21);/q;+1/p-1. The summed E-state index contributed by atoms with van der Waals surface area (Å²) in [5.41, 5.74) is 0.766. The zero-order valence-electron chi connectivity index (χ0n) is 12.2. The summed E-state index contributed by atoms with van der Waals surface area (Å²) >= 11 is 5.70. The molecule has 0 saturated heterocycles. The number of hydrogen-bond acceptors (Lipinski definition) is 4. The van der Waals surface area contributed by atoms with Gasteiger partial charge in [-0.2, -0.15) is 0 Å². The first-order chi connectivity index (χ1) is 9.59. The van der Waals surface area contributed by atoms with E-state index < -0.39 is 5.97 Å². The van der Waals surface area contributed by atoms with E-state index in [0.29, 0.717) is 22.1 Å². The van der Waals surface area contributed by atoms with Crippen LogP contribution in [0.1, 0.15) is 24.2 Å². The molecule has 0 bridgehead atoms. The fourth-order valence-corrected chi connectivity index (χ4v) is 6.17. The summed E-state index contributed by atoms with van der Waals surface area (Å²) in [4.78, 5) is 35.7. The molecule has 0 spiro atoms. The predicted molar refractivity (Wildman–Crippen MR) is 102 cm³/mol. The normalized spacial score (nSPS) is 9.73. The van der Waals surface area contributed by atoms with Gasteiger partial charge in [-0.25, -0.2) is 0 Å². The van der Waals surface area contributed by atoms with Crippen LogP contribution in [0.15, 0.2) is 0 Å². The van der Waals surface area contributed by atoms with Crippen molar-refractivity contribution in [2.75, 3.05) is 17.3 Å². The van der Waals surface area contributed by atoms with Crippen LogP contribution < -0.4 is 44.9 Å². The third-order valence-electron chi connectivity index (χ3n) is 2.61. The van der Waals surface area contributed by atoms with Crippen molar-refractivity contribution in [1.29, 1.82) is 0 Å². The predicted octanol–water partition coefficient (Wildman–Crippen LogP) is -1.19. The number of carboxylic acids is 1. The van der Waals surface area contributed by atoms with Gasteiger partial charge in [0.05, 0.1) is 20.9 Å². The number of amides is 2. The zero-order valence-corrected chi connectivity index (χ0v) is 20.7. The SMILES string of the molecule is CC(=O)Nc1c(I)c(C(=O)[O-])c(I)c(N(C)C(C)=O)c1I.[Na+]. The Morgan fingerprint density at radius 3 is 1.91 bits per heavy atom. The summed E-state index contributed by atoms with van der Waals surface area (Å²) in [7, 11) is 1.55. The topological polar surface area (TPSA) is 89.5 Å². The number of carboxylic acid groups (broad SMARTS) is 1. The molecule has 22 heavy (non-hydrogen) atoms. The average molecular weight is 650 g/mol. The Kier molecular flexibility index (Phi) is 9.69. The van der Waals surface area contributed by atoms with Crippen LogP contribution in [0, 0.1) is 10.7 Å². The number of aromatic carboxylic acids is 1. The van der Waals surface area contributed by atoms with Gasteiger partial charge in [-0.05, 0) is 67.8 Å². The third-order valence-corrected chi connectivity index (χ3v) is 5.79. The van der Waals surface area contributed by atoms with E-state index in [1.807, 2.05) is 67.8 Å². The quantitative estimate of drug-likeness (QED) is 0.330. The number of anilines is 2. The molecule has 0 heterocycles. The van der Waals surface area contributed by atoms with Crippen LogP contribution in [0.4, 0.5) is 11.4 Å². The van der Waals surface area contributed by atoms with Crippen molar-refractivity contribution < 1.29 is 49.0 Å². The first-order valence-corrected chi connectivity index (χ1v) is 8.76. The number of hydrogen-bond donors (Lipinski definition) is 1. The van der Waals surface area contributed by atoms with E-state index in [2.05, 4.69) is 5.32 Å². The Morgan fingerprint density at radius 1 is 1.05 bits per heavy atom. The molecule has 1 rings (SSSR count). The zero-order chi connectivity index (χ0) is 16.5. The van der Waals surface area contributed by atoms with Crippen LogP contribution in [-0.4, -0.2) is 24.8 Å².